The summed E-state index contributed by atoms with van der Waals surface area (Å²) in [5.74, 6) is -0.476. The molecule has 4 heterocycles. The zero-order chi connectivity index (χ0) is 21.7. The highest BCUT2D eigenvalue weighted by Gasteiger charge is 2.46. The zero-order valence-corrected chi connectivity index (χ0v) is 18.1. The van der Waals surface area contributed by atoms with Crippen LogP contribution in [0.1, 0.15) is 27.9 Å². The third-order valence-corrected chi connectivity index (χ3v) is 6.79. The van der Waals surface area contributed by atoms with Crippen LogP contribution in [0.15, 0.2) is 62.9 Å². The molecule has 1 atom stereocenters. The maximum Gasteiger partial charge on any atom is 0.296 e. The number of Topliss-reactive ketones (excluding diaryl/α,β-unsaturated/α-hetero) is 1. The number of ether oxygens (including phenoxy) is 1. The lowest BCUT2D eigenvalue weighted by atomic mass is 9.97. The molecule has 1 N–H and O–H groups in total. The predicted octanol–water partition coefficient (Wildman–Crippen LogP) is 5.05. The SMILES string of the molecule is COc1ccc2nc(N3C(=O)C(O)=C(C(=O)c4ccc(C)o4)C3c3ccsc3)sc2c1. The van der Waals surface area contributed by atoms with E-state index >= 15 is 0 Å². The topological polar surface area (TPSA) is 92.9 Å². The highest BCUT2D eigenvalue weighted by atomic mass is 32.1. The number of benzene rings is 1. The normalized spacial score (nSPS) is 16.5. The van der Waals surface area contributed by atoms with Crippen molar-refractivity contribution >= 4 is 49.7 Å². The Labute approximate surface area is 184 Å². The lowest BCUT2D eigenvalue weighted by Crippen LogP contribution is -2.30. The van der Waals surface area contributed by atoms with Crippen LogP contribution >= 0.6 is 22.7 Å². The Kier molecular flexibility index (Phi) is 4.64. The summed E-state index contributed by atoms with van der Waals surface area (Å²) in [6.45, 7) is 1.73. The standard InChI is InChI=1S/C22H16N2O5S2/c1-11-3-6-15(29-11)19(25)17-18(12-7-8-30-10-12)24(21(27)20(17)26)22-23-14-5-4-13(28-2)9-16(14)31-22/h3-10,18,26H,1-2H3. The van der Waals surface area contributed by atoms with Gasteiger partial charge in [0.15, 0.2) is 16.7 Å². The summed E-state index contributed by atoms with van der Waals surface area (Å²) in [5, 5.41) is 14.8. The van der Waals surface area contributed by atoms with Gasteiger partial charge in [0.1, 0.15) is 11.5 Å². The van der Waals surface area contributed by atoms with E-state index in [1.807, 2.05) is 22.9 Å². The van der Waals surface area contributed by atoms with E-state index in [4.69, 9.17) is 9.15 Å². The largest absolute Gasteiger partial charge is 0.503 e. The monoisotopic (exact) mass is 452 g/mol. The van der Waals surface area contributed by atoms with E-state index in [2.05, 4.69) is 4.98 Å². The van der Waals surface area contributed by atoms with Gasteiger partial charge in [-0.1, -0.05) is 11.3 Å². The summed E-state index contributed by atoms with van der Waals surface area (Å²) in [7, 11) is 1.58. The van der Waals surface area contributed by atoms with Crippen molar-refractivity contribution in [2.75, 3.05) is 12.0 Å². The van der Waals surface area contributed by atoms with Gasteiger partial charge >= 0.3 is 0 Å². The Balaban J connectivity index is 1.64. The fourth-order valence-corrected chi connectivity index (χ4v) is 5.29. The summed E-state index contributed by atoms with van der Waals surface area (Å²) in [4.78, 5) is 32.3. The van der Waals surface area contributed by atoms with Crippen LogP contribution < -0.4 is 9.64 Å². The van der Waals surface area contributed by atoms with Crippen LogP contribution in [0.25, 0.3) is 10.2 Å². The molecule has 0 radical (unpaired) electrons. The molecule has 0 saturated carbocycles. The number of rotatable bonds is 5. The average molecular weight is 453 g/mol. The van der Waals surface area contributed by atoms with E-state index in [0.29, 0.717) is 27.7 Å². The molecule has 31 heavy (non-hydrogen) atoms. The average Bonchev–Trinajstić information content (AvgIpc) is 3.54. The maximum absolute atomic E-state index is 13.2. The van der Waals surface area contributed by atoms with Gasteiger partial charge in [0.05, 0.1) is 28.9 Å². The Hall–Kier alpha value is -3.43. The number of hydrogen-bond donors (Lipinski definition) is 1. The number of aliphatic hydroxyl groups excluding tert-OH is 1. The van der Waals surface area contributed by atoms with Crippen molar-refractivity contribution in [3.8, 4) is 5.75 Å². The number of thiazole rings is 1. The molecule has 0 spiro atoms. The van der Waals surface area contributed by atoms with Crippen molar-refractivity contribution in [1.29, 1.82) is 0 Å². The van der Waals surface area contributed by atoms with E-state index in [9.17, 15) is 14.7 Å². The van der Waals surface area contributed by atoms with Gasteiger partial charge in [-0.3, -0.25) is 14.5 Å². The van der Waals surface area contributed by atoms with Crippen molar-refractivity contribution in [3.05, 3.63) is 75.6 Å². The first kappa shape index (κ1) is 19.5. The van der Waals surface area contributed by atoms with Crippen LogP contribution in [0.2, 0.25) is 0 Å². The number of thiophene rings is 1. The van der Waals surface area contributed by atoms with Crippen LogP contribution in [0.3, 0.4) is 0 Å². The molecule has 9 heteroatoms. The van der Waals surface area contributed by atoms with E-state index in [0.717, 1.165) is 4.70 Å². The van der Waals surface area contributed by atoms with Crippen LogP contribution in [0, 0.1) is 6.92 Å². The molecule has 1 aliphatic rings. The molecular formula is C22H16N2O5S2. The number of ketones is 1. The van der Waals surface area contributed by atoms with Gasteiger partial charge in [-0.25, -0.2) is 4.98 Å². The lowest BCUT2D eigenvalue weighted by Gasteiger charge is -2.23. The van der Waals surface area contributed by atoms with Crippen molar-refractivity contribution in [2.24, 2.45) is 0 Å². The molecule has 0 saturated heterocycles. The number of carbonyl (C=O) groups is 2. The van der Waals surface area contributed by atoms with Crippen LogP contribution in [-0.4, -0.2) is 28.9 Å². The van der Waals surface area contributed by atoms with E-state index in [-0.39, 0.29) is 11.3 Å². The maximum atomic E-state index is 13.2. The van der Waals surface area contributed by atoms with E-state index in [1.165, 1.54) is 27.6 Å². The van der Waals surface area contributed by atoms with Crippen LogP contribution in [0.4, 0.5) is 5.13 Å². The second kappa shape index (κ2) is 7.36. The minimum Gasteiger partial charge on any atom is -0.503 e. The number of amides is 1. The minimum absolute atomic E-state index is 0.0189. The lowest BCUT2D eigenvalue weighted by molar-refractivity contribution is -0.117. The molecule has 7 nitrogen and oxygen atoms in total. The molecule has 0 bridgehead atoms. The minimum atomic E-state index is -0.806. The number of nitrogens with zero attached hydrogens (tertiary/aromatic N) is 2. The van der Waals surface area contributed by atoms with Gasteiger partial charge in [0.25, 0.3) is 5.91 Å². The molecule has 1 aliphatic heterocycles. The van der Waals surface area contributed by atoms with Crippen molar-refractivity contribution in [3.63, 3.8) is 0 Å². The fourth-order valence-electron chi connectivity index (χ4n) is 3.59. The molecule has 5 rings (SSSR count). The first-order chi connectivity index (χ1) is 15.0. The number of carbonyl (C=O) groups excluding carboxylic acids is 2. The number of furan rings is 1. The van der Waals surface area contributed by atoms with Gasteiger partial charge < -0.3 is 14.3 Å². The molecule has 3 aromatic heterocycles. The summed E-state index contributed by atoms with van der Waals surface area (Å²) in [5.41, 5.74) is 1.39. The van der Waals surface area contributed by atoms with Gasteiger partial charge in [0.2, 0.25) is 5.78 Å². The molecule has 1 amide bonds. The number of aromatic nitrogens is 1. The number of anilines is 1. The Morgan fingerprint density at radius 1 is 1.26 bits per heavy atom. The first-order valence-corrected chi connectivity index (χ1v) is 11.1. The molecular weight excluding hydrogens is 436 g/mol. The van der Waals surface area contributed by atoms with E-state index < -0.39 is 23.5 Å². The number of aliphatic hydroxyl groups is 1. The summed E-state index contributed by atoms with van der Waals surface area (Å²) in [6, 6.07) is 9.66. The van der Waals surface area contributed by atoms with Crippen molar-refractivity contribution < 1.29 is 23.8 Å². The predicted molar refractivity (Wildman–Crippen MR) is 118 cm³/mol. The van der Waals surface area contributed by atoms with Crippen molar-refractivity contribution in [1.82, 2.24) is 4.98 Å². The Morgan fingerprint density at radius 3 is 2.77 bits per heavy atom. The Bertz CT molecular complexity index is 1350. The number of aryl methyl sites for hydroxylation is 1. The molecule has 156 valence electrons. The van der Waals surface area contributed by atoms with E-state index in [1.54, 1.807) is 38.3 Å². The number of fused-ring (bicyclic) bond motifs is 1. The fraction of sp³-hybridized carbons (Fsp3) is 0.136. The third-order valence-electron chi connectivity index (χ3n) is 5.07. The number of hydrogen-bond acceptors (Lipinski definition) is 8. The highest BCUT2D eigenvalue weighted by molar-refractivity contribution is 7.22. The quantitative estimate of drug-likeness (QED) is 0.426. The summed E-state index contributed by atoms with van der Waals surface area (Å²) < 4.78 is 11.6. The first-order valence-electron chi connectivity index (χ1n) is 9.32. The van der Waals surface area contributed by atoms with Crippen LogP contribution in [-0.2, 0) is 4.79 Å². The van der Waals surface area contributed by atoms with Gasteiger partial charge in [-0.2, -0.15) is 11.3 Å². The second-order valence-electron chi connectivity index (χ2n) is 6.97. The van der Waals surface area contributed by atoms with Crippen molar-refractivity contribution in [2.45, 2.75) is 13.0 Å². The highest BCUT2D eigenvalue weighted by Crippen LogP contribution is 2.45. The summed E-state index contributed by atoms with van der Waals surface area (Å²) >= 11 is 2.73. The Morgan fingerprint density at radius 2 is 2.10 bits per heavy atom. The molecule has 4 aromatic rings. The summed E-state index contributed by atoms with van der Waals surface area (Å²) in [6.07, 6.45) is 0. The second-order valence-corrected chi connectivity index (χ2v) is 8.76. The van der Waals surface area contributed by atoms with Gasteiger partial charge in [-0.15, -0.1) is 0 Å². The van der Waals surface area contributed by atoms with Crippen LogP contribution in [0.5, 0.6) is 5.75 Å². The molecule has 0 aliphatic carbocycles. The molecule has 0 fully saturated rings. The zero-order valence-electron chi connectivity index (χ0n) is 16.5. The van der Waals surface area contributed by atoms with Gasteiger partial charge in [-0.05, 0) is 59.6 Å². The molecule has 1 unspecified atom stereocenters. The smallest absolute Gasteiger partial charge is 0.296 e. The molecule has 1 aromatic carbocycles. The number of methoxy groups -OCH3 is 1. The third kappa shape index (κ3) is 3.13. The van der Waals surface area contributed by atoms with Gasteiger partial charge in [0, 0.05) is 0 Å².